The number of aryl methyl sites for hydroxylation is 1. The lowest BCUT2D eigenvalue weighted by atomic mass is 10.0. The molecular weight excluding hydrogens is 438 g/mol. The molecule has 3 rings (SSSR count). The Bertz CT molecular complexity index is 1090. The van der Waals surface area contributed by atoms with Gasteiger partial charge in [-0.2, -0.15) is 0 Å². The number of benzene rings is 2. The summed E-state index contributed by atoms with van der Waals surface area (Å²) in [4.78, 5) is 42.8. The van der Waals surface area contributed by atoms with Crippen LogP contribution in [-0.2, 0) is 14.3 Å². The number of hydrogen-bond donors (Lipinski definition) is 1. The topological polar surface area (TPSA) is 88.1 Å². The number of aliphatic imine (C=N–C) groups is 1. The van der Waals surface area contributed by atoms with E-state index in [1.165, 1.54) is 10.5 Å². The standard InChI is InChI=1S/C25H27N3O4S/c1-5-32-25(31)27-22(29)15-33-24-26-21(14-18-8-10-19(11-9-18)16(2)3)23(30)28(24)20-12-6-17(4)7-13-20/h6-14,16H,5,15H2,1-4H3,(H,27,29,31). The third-order valence-electron chi connectivity index (χ3n) is 4.88. The highest BCUT2D eigenvalue weighted by molar-refractivity contribution is 8.14. The molecule has 0 aliphatic carbocycles. The summed E-state index contributed by atoms with van der Waals surface area (Å²) in [6.07, 6.45) is 0.938. The minimum Gasteiger partial charge on any atom is -0.450 e. The van der Waals surface area contributed by atoms with Crippen LogP contribution in [0.25, 0.3) is 6.08 Å². The van der Waals surface area contributed by atoms with Crippen molar-refractivity contribution in [3.05, 3.63) is 70.9 Å². The van der Waals surface area contributed by atoms with Crippen molar-refractivity contribution >= 4 is 46.6 Å². The smallest absolute Gasteiger partial charge is 0.413 e. The van der Waals surface area contributed by atoms with E-state index in [-0.39, 0.29) is 24.0 Å². The lowest BCUT2D eigenvalue weighted by molar-refractivity contribution is -0.118. The summed E-state index contributed by atoms with van der Waals surface area (Å²) in [6, 6.07) is 15.5. The first-order valence-electron chi connectivity index (χ1n) is 10.7. The van der Waals surface area contributed by atoms with E-state index < -0.39 is 12.0 Å². The van der Waals surface area contributed by atoms with Gasteiger partial charge in [-0.05, 0) is 49.1 Å². The molecule has 0 aromatic heterocycles. The molecule has 0 saturated heterocycles. The molecule has 3 amide bonds. The van der Waals surface area contributed by atoms with Gasteiger partial charge in [-0.15, -0.1) is 0 Å². The molecule has 8 heteroatoms. The van der Waals surface area contributed by atoms with Gasteiger partial charge < -0.3 is 4.74 Å². The number of nitrogens with one attached hydrogen (secondary N) is 1. The van der Waals surface area contributed by atoms with Crippen LogP contribution in [0.3, 0.4) is 0 Å². The second-order valence-corrected chi connectivity index (χ2v) is 8.72. The van der Waals surface area contributed by atoms with E-state index in [9.17, 15) is 14.4 Å². The van der Waals surface area contributed by atoms with Gasteiger partial charge in [0.25, 0.3) is 5.91 Å². The fourth-order valence-electron chi connectivity index (χ4n) is 3.10. The van der Waals surface area contributed by atoms with Gasteiger partial charge in [0.05, 0.1) is 18.0 Å². The largest absolute Gasteiger partial charge is 0.450 e. The van der Waals surface area contributed by atoms with E-state index in [1.807, 2.05) is 55.5 Å². The van der Waals surface area contributed by atoms with Gasteiger partial charge in [-0.1, -0.05) is 67.6 Å². The number of anilines is 1. The number of carbonyl (C=O) groups excluding carboxylic acids is 3. The number of rotatable bonds is 6. The lowest BCUT2D eigenvalue weighted by Crippen LogP contribution is -2.34. The fourth-order valence-corrected chi connectivity index (χ4v) is 3.91. The van der Waals surface area contributed by atoms with Crippen LogP contribution < -0.4 is 10.2 Å². The summed E-state index contributed by atoms with van der Waals surface area (Å²) in [5, 5.41) is 2.52. The Hall–Kier alpha value is -3.39. The second kappa shape index (κ2) is 11.0. The zero-order valence-corrected chi connectivity index (χ0v) is 19.9. The molecule has 0 bridgehead atoms. The van der Waals surface area contributed by atoms with Crippen LogP contribution in [0, 0.1) is 6.92 Å². The van der Waals surface area contributed by atoms with E-state index >= 15 is 0 Å². The monoisotopic (exact) mass is 465 g/mol. The summed E-state index contributed by atoms with van der Waals surface area (Å²) < 4.78 is 4.73. The Morgan fingerprint density at radius 3 is 2.39 bits per heavy atom. The predicted octanol–water partition coefficient (Wildman–Crippen LogP) is 4.87. The van der Waals surface area contributed by atoms with Crippen LogP contribution in [0.4, 0.5) is 10.5 Å². The summed E-state index contributed by atoms with van der Waals surface area (Å²) in [7, 11) is 0. The molecule has 0 atom stereocenters. The van der Waals surface area contributed by atoms with Gasteiger partial charge in [0.15, 0.2) is 5.17 Å². The molecule has 0 saturated carbocycles. The van der Waals surface area contributed by atoms with Crippen molar-refractivity contribution in [2.45, 2.75) is 33.6 Å². The maximum Gasteiger partial charge on any atom is 0.413 e. The Morgan fingerprint density at radius 1 is 1.12 bits per heavy atom. The van der Waals surface area contributed by atoms with Crippen LogP contribution >= 0.6 is 11.8 Å². The van der Waals surface area contributed by atoms with Crippen LogP contribution in [0.1, 0.15) is 43.4 Å². The van der Waals surface area contributed by atoms with Gasteiger partial charge in [-0.3, -0.25) is 19.8 Å². The maximum absolute atomic E-state index is 13.2. The van der Waals surface area contributed by atoms with Gasteiger partial charge in [0.1, 0.15) is 5.70 Å². The summed E-state index contributed by atoms with van der Waals surface area (Å²) in [6.45, 7) is 8.03. The van der Waals surface area contributed by atoms with Crippen molar-refractivity contribution in [2.24, 2.45) is 4.99 Å². The van der Waals surface area contributed by atoms with E-state index in [0.29, 0.717) is 16.8 Å². The fraction of sp³-hybridized carbons (Fsp3) is 0.280. The minimum atomic E-state index is -0.798. The highest BCUT2D eigenvalue weighted by atomic mass is 32.2. The molecule has 172 valence electrons. The number of amides is 3. The molecule has 0 radical (unpaired) electrons. The third kappa shape index (κ3) is 6.32. The maximum atomic E-state index is 13.2. The molecule has 0 fully saturated rings. The van der Waals surface area contributed by atoms with Gasteiger partial charge in [-0.25, -0.2) is 9.79 Å². The number of alkyl carbamates (subject to hydrolysis) is 1. The Kier molecular flexibility index (Phi) is 8.06. The molecule has 1 heterocycles. The molecule has 33 heavy (non-hydrogen) atoms. The molecule has 2 aromatic carbocycles. The Morgan fingerprint density at radius 2 is 1.79 bits per heavy atom. The van der Waals surface area contributed by atoms with Gasteiger partial charge in [0.2, 0.25) is 5.91 Å². The molecule has 2 aromatic rings. The number of amidine groups is 1. The molecule has 0 spiro atoms. The minimum absolute atomic E-state index is 0.0936. The number of imide groups is 1. The average Bonchev–Trinajstić information content (AvgIpc) is 3.08. The second-order valence-electron chi connectivity index (χ2n) is 7.78. The van der Waals surface area contributed by atoms with Crippen molar-refractivity contribution < 1.29 is 19.1 Å². The van der Waals surface area contributed by atoms with Crippen LogP contribution in [-0.4, -0.2) is 35.4 Å². The molecule has 1 N–H and O–H groups in total. The van der Waals surface area contributed by atoms with E-state index in [1.54, 1.807) is 13.0 Å². The van der Waals surface area contributed by atoms with Crippen molar-refractivity contribution in [3.8, 4) is 0 Å². The van der Waals surface area contributed by atoms with Gasteiger partial charge in [0, 0.05) is 0 Å². The SMILES string of the molecule is CCOC(=O)NC(=O)CSC1=NC(=Cc2ccc(C(C)C)cc2)C(=O)N1c1ccc(C)cc1. The van der Waals surface area contributed by atoms with Crippen molar-refractivity contribution in [1.29, 1.82) is 0 Å². The normalized spacial score (nSPS) is 14.6. The highest BCUT2D eigenvalue weighted by Crippen LogP contribution is 2.30. The van der Waals surface area contributed by atoms with Crippen molar-refractivity contribution in [1.82, 2.24) is 5.32 Å². The predicted molar refractivity (Wildman–Crippen MR) is 132 cm³/mol. The zero-order chi connectivity index (χ0) is 24.0. The molecule has 7 nitrogen and oxygen atoms in total. The average molecular weight is 466 g/mol. The van der Waals surface area contributed by atoms with Crippen molar-refractivity contribution in [2.75, 3.05) is 17.3 Å². The van der Waals surface area contributed by atoms with E-state index in [0.717, 1.165) is 22.9 Å². The first kappa shape index (κ1) is 24.3. The van der Waals surface area contributed by atoms with Crippen LogP contribution in [0.2, 0.25) is 0 Å². The van der Waals surface area contributed by atoms with Gasteiger partial charge >= 0.3 is 6.09 Å². The first-order valence-corrected chi connectivity index (χ1v) is 11.7. The highest BCUT2D eigenvalue weighted by Gasteiger charge is 2.32. The number of ether oxygens (including phenoxy) is 1. The summed E-state index contributed by atoms with van der Waals surface area (Å²) in [5.74, 6) is -0.484. The third-order valence-corrected chi connectivity index (χ3v) is 5.82. The molecule has 0 unspecified atom stereocenters. The Labute approximate surface area is 197 Å². The number of nitrogens with zero attached hydrogens (tertiary/aromatic N) is 2. The molecule has 1 aliphatic rings. The van der Waals surface area contributed by atoms with Crippen LogP contribution in [0.15, 0.2) is 59.2 Å². The molecular formula is C25H27N3O4S. The quantitative estimate of drug-likeness (QED) is 0.615. The van der Waals surface area contributed by atoms with Crippen molar-refractivity contribution in [3.63, 3.8) is 0 Å². The lowest BCUT2D eigenvalue weighted by Gasteiger charge is -2.17. The van der Waals surface area contributed by atoms with E-state index in [4.69, 9.17) is 4.74 Å². The first-order chi connectivity index (χ1) is 15.8. The summed E-state index contributed by atoms with van der Waals surface area (Å²) >= 11 is 1.08. The number of thioether (sulfide) groups is 1. The van der Waals surface area contributed by atoms with E-state index in [2.05, 4.69) is 24.2 Å². The summed E-state index contributed by atoms with van der Waals surface area (Å²) in [5.41, 5.74) is 4.07. The number of carbonyl (C=O) groups is 3. The zero-order valence-electron chi connectivity index (χ0n) is 19.1. The Balaban J connectivity index is 1.84. The van der Waals surface area contributed by atoms with Crippen LogP contribution in [0.5, 0.6) is 0 Å². The number of hydrogen-bond acceptors (Lipinski definition) is 6. The molecule has 1 aliphatic heterocycles.